The lowest BCUT2D eigenvalue weighted by Gasteiger charge is -2.36. The van der Waals surface area contributed by atoms with Gasteiger partial charge in [-0.1, -0.05) is 6.07 Å². The van der Waals surface area contributed by atoms with Crippen molar-refractivity contribution >= 4 is 11.8 Å². The average Bonchev–Trinajstić information content (AvgIpc) is 3.01. The highest BCUT2D eigenvalue weighted by atomic mass is 18.2. The summed E-state index contributed by atoms with van der Waals surface area (Å²) in [6.45, 7) is 1.33. The Kier molecular flexibility index (Phi) is 3.78. The van der Waals surface area contributed by atoms with Gasteiger partial charge in [0.2, 0.25) is 0 Å². The molecule has 0 saturated carbocycles. The van der Waals surface area contributed by atoms with E-state index in [0.29, 0.717) is 24.2 Å². The summed E-state index contributed by atoms with van der Waals surface area (Å²) in [6.07, 6.45) is 0.189. The number of nitrogens with one attached hydrogen (secondary N) is 2. The molecule has 6 heteroatoms. The molecule has 3 rings (SSSR count). The second-order valence-electron chi connectivity index (χ2n) is 5.70. The third-order valence-electron chi connectivity index (χ3n) is 4.05. The minimum atomic E-state index is -0.871. The van der Waals surface area contributed by atoms with E-state index in [2.05, 4.69) is 16.4 Å². The lowest BCUT2D eigenvalue weighted by Crippen LogP contribution is -2.37. The van der Waals surface area contributed by atoms with Crippen LogP contribution in [0.3, 0.4) is 0 Å². The topological polar surface area (TPSA) is 77.9 Å². The molecule has 5 nitrogen and oxygen atoms in total. The second-order valence-corrected chi connectivity index (χ2v) is 5.70. The lowest BCUT2D eigenvalue weighted by molar-refractivity contribution is 0.0169. The van der Waals surface area contributed by atoms with Crippen molar-refractivity contribution in [2.45, 2.75) is 25.4 Å². The molecular weight excluding hydrogens is 296 g/mol. The van der Waals surface area contributed by atoms with Gasteiger partial charge in [0.25, 0.3) is 0 Å². The first-order valence-electron chi connectivity index (χ1n) is 7.36. The van der Waals surface area contributed by atoms with Crippen LogP contribution in [0.5, 0.6) is 0 Å². The molecule has 0 bridgehead atoms. The molecule has 1 atom stereocenters. The van der Waals surface area contributed by atoms with Crippen molar-refractivity contribution in [3.05, 3.63) is 41.6 Å². The monoisotopic (exact) mass is 312 g/mol. The van der Waals surface area contributed by atoms with Crippen LogP contribution >= 0.6 is 0 Å². The molecule has 2 aromatic rings. The van der Waals surface area contributed by atoms with E-state index in [1.54, 1.807) is 19.1 Å². The first-order valence-corrected chi connectivity index (χ1v) is 7.36. The van der Waals surface area contributed by atoms with Gasteiger partial charge >= 0.3 is 6.09 Å². The first-order chi connectivity index (χ1) is 11.1. The maximum atomic E-state index is 12.6. The molecule has 2 heterocycles. The van der Waals surface area contributed by atoms with E-state index < -0.39 is 18.4 Å². The highest BCUT2D eigenvalue weighted by molar-refractivity contribution is 5.89. The third kappa shape index (κ3) is 2.78. The molecule has 0 radical (unpaired) electrons. The molecule has 1 aromatic carbocycles. The van der Waals surface area contributed by atoms with E-state index in [-0.39, 0.29) is 0 Å². The predicted molar refractivity (Wildman–Crippen MR) is 83.6 cm³/mol. The van der Waals surface area contributed by atoms with Gasteiger partial charge in [0.1, 0.15) is 17.4 Å². The molecule has 2 N–H and O–H groups in total. The van der Waals surface area contributed by atoms with Crippen molar-refractivity contribution in [2.24, 2.45) is 0 Å². The number of nitriles is 1. The van der Waals surface area contributed by atoms with Crippen molar-refractivity contribution in [3.63, 3.8) is 0 Å². The fraction of sp³-hybridized carbons (Fsp3) is 0.294. The highest BCUT2D eigenvalue weighted by Gasteiger charge is 2.37. The Labute approximate surface area is 133 Å². The van der Waals surface area contributed by atoms with E-state index >= 15 is 0 Å². The average molecular weight is 312 g/mol. The van der Waals surface area contributed by atoms with Gasteiger partial charge < -0.3 is 9.72 Å². The van der Waals surface area contributed by atoms with Crippen LogP contribution in [0.2, 0.25) is 0 Å². The number of fused-ring (bicyclic) bond motifs is 1. The molecule has 0 saturated heterocycles. The normalized spacial score (nSPS) is 19.4. The number of alkyl halides is 1. The Morgan fingerprint density at radius 2 is 2.17 bits per heavy atom. The van der Waals surface area contributed by atoms with Gasteiger partial charge in [0.15, 0.2) is 0 Å². The van der Waals surface area contributed by atoms with E-state index in [0.717, 1.165) is 16.8 Å². The molecule has 1 aliphatic rings. The van der Waals surface area contributed by atoms with Crippen LogP contribution in [0.4, 0.5) is 14.9 Å². The summed E-state index contributed by atoms with van der Waals surface area (Å²) in [4.78, 5) is 14.7. The van der Waals surface area contributed by atoms with Gasteiger partial charge in [-0.25, -0.2) is 4.79 Å². The van der Waals surface area contributed by atoms with Crippen LogP contribution in [0.15, 0.2) is 30.3 Å². The quantitative estimate of drug-likeness (QED) is 0.893. The standard InChI is InChI=1S/C17H16FN3O2/c1-17(7-2-8-18)13-9-11(14-6-4-12(10-19)20-14)3-5-15(13)21-16(22)23-17/h3-6,9,20H,2,7-8H2,1H3,(H,21,22)/i18-1. The number of hydrogen-bond acceptors (Lipinski definition) is 3. The molecule has 1 aromatic heterocycles. The summed E-state index contributed by atoms with van der Waals surface area (Å²) in [6, 6.07) is 11.1. The maximum Gasteiger partial charge on any atom is 0.412 e. The van der Waals surface area contributed by atoms with Gasteiger partial charge in [0, 0.05) is 11.3 Å². The number of nitrogens with zero attached hydrogens (tertiary/aromatic N) is 1. The molecule has 118 valence electrons. The van der Waals surface area contributed by atoms with Crippen LogP contribution in [-0.2, 0) is 10.3 Å². The van der Waals surface area contributed by atoms with Gasteiger partial charge in [0.05, 0.1) is 12.4 Å². The number of carbonyl (C=O) groups is 1. The summed E-state index contributed by atoms with van der Waals surface area (Å²) >= 11 is 0. The number of hydrogen-bond donors (Lipinski definition) is 2. The zero-order valence-corrected chi connectivity index (χ0v) is 12.6. The van der Waals surface area contributed by atoms with Crippen LogP contribution in [-0.4, -0.2) is 17.8 Å². The number of carbonyl (C=O) groups excluding carboxylic acids is 1. The van der Waals surface area contributed by atoms with Gasteiger partial charge in [-0.3, -0.25) is 9.71 Å². The zero-order chi connectivity index (χ0) is 16.4. The van der Waals surface area contributed by atoms with Gasteiger partial charge in [-0.05, 0) is 49.6 Å². The molecule has 1 unspecified atom stereocenters. The molecule has 1 aliphatic heterocycles. The van der Waals surface area contributed by atoms with Crippen molar-refractivity contribution in [2.75, 3.05) is 12.0 Å². The fourth-order valence-corrected chi connectivity index (χ4v) is 2.87. The van der Waals surface area contributed by atoms with E-state index in [4.69, 9.17) is 10.00 Å². The van der Waals surface area contributed by atoms with E-state index in [1.807, 2.05) is 18.2 Å². The van der Waals surface area contributed by atoms with Crippen LogP contribution in [0, 0.1) is 11.3 Å². The van der Waals surface area contributed by atoms with E-state index in [1.165, 1.54) is 0 Å². The Morgan fingerprint density at radius 3 is 2.87 bits per heavy atom. The molecule has 0 aliphatic carbocycles. The summed E-state index contributed by atoms with van der Waals surface area (Å²) in [5, 5.41) is 11.6. The highest BCUT2D eigenvalue weighted by Crippen LogP contribution is 2.41. The number of anilines is 1. The number of aromatic nitrogens is 1. The zero-order valence-electron chi connectivity index (χ0n) is 12.6. The van der Waals surface area contributed by atoms with Crippen LogP contribution in [0.25, 0.3) is 11.3 Å². The molecule has 0 spiro atoms. The molecule has 0 fully saturated rings. The molecular formula is C17H16FN3O2. The Bertz CT molecular complexity index is 793. The van der Waals surface area contributed by atoms with Crippen LogP contribution < -0.4 is 5.32 Å². The van der Waals surface area contributed by atoms with Crippen molar-refractivity contribution in [3.8, 4) is 17.3 Å². The SMILES string of the molecule is CC1(CCC[18F])OC(=O)Nc2ccc(-c3ccc(C#N)[nH]3)cc21. The minimum Gasteiger partial charge on any atom is -0.438 e. The Hall–Kier alpha value is -2.81. The fourth-order valence-electron chi connectivity index (χ4n) is 2.87. The lowest BCUT2D eigenvalue weighted by atomic mass is 9.87. The second kappa shape index (κ2) is 5.76. The summed E-state index contributed by atoms with van der Waals surface area (Å²) in [5.74, 6) is 0. The van der Waals surface area contributed by atoms with Crippen molar-refractivity contribution < 1.29 is 13.9 Å². The number of rotatable bonds is 4. The smallest absolute Gasteiger partial charge is 0.412 e. The predicted octanol–water partition coefficient (Wildman–Crippen LogP) is 4.08. The van der Waals surface area contributed by atoms with Crippen molar-refractivity contribution in [1.82, 2.24) is 4.98 Å². The number of aromatic amines is 1. The maximum absolute atomic E-state index is 12.6. The Morgan fingerprint density at radius 1 is 1.35 bits per heavy atom. The number of benzene rings is 1. The molecule has 23 heavy (non-hydrogen) atoms. The number of cyclic esters (lactones) is 1. The Balaban J connectivity index is 2.04. The van der Waals surface area contributed by atoms with E-state index in [9.17, 15) is 9.18 Å². The van der Waals surface area contributed by atoms with Gasteiger partial charge in [-0.2, -0.15) is 5.26 Å². The summed E-state index contributed by atoms with van der Waals surface area (Å²) in [5.41, 5.74) is 2.74. The number of H-pyrrole nitrogens is 1. The summed E-state index contributed by atoms with van der Waals surface area (Å²) in [7, 11) is 0. The van der Waals surface area contributed by atoms with Gasteiger partial charge in [-0.15, -0.1) is 0 Å². The minimum absolute atomic E-state index is 0.314. The number of halogens is 1. The number of amides is 1. The third-order valence-corrected chi connectivity index (χ3v) is 4.05. The molecule has 1 amide bonds. The largest absolute Gasteiger partial charge is 0.438 e. The van der Waals surface area contributed by atoms with Crippen molar-refractivity contribution in [1.29, 1.82) is 5.26 Å². The van der Waals surface area contributed by atoms with Crippen LogP contribution in [0.1, 0.15) is 31.0 Å². The number of ether oxygens (including phenoxy) is 1. The first kappa shape index (κ1) is 15.1. The summed E-state index contributed by atoms with van der Waals surface area (Å²) < 4.78 is 18.0.